The van der Waals surface area contributed by atoms with Crippen LogP contribution in [0.25, 0.3) is 0 Å². The predicted octanol–water partition coefficient (Wildman–Crippen LogP) is 5.72. The zero-order valence-electron chi connectivity index (χ0n) is 20.6. The van der Waals surface area contributed by atoms with Crippen LogP contribution < -0.4 is 9.62 Å². The van der Waals surface area contributed by atoms with Crippen molar-refractivity contribution in [2.75, 3.05) is 15.8 Å². The molecule has 1 atom stereocenters. The van der Waals surface area contributed by atoms with Crippen LogP contribution in [0, 0.1) is 5.82 Å². The maximum absolute atomic E-state index is 14.0. The van der Waals surface area contributed by atoms with Crippen LogP contribution in [0.3, 0.4) is 0 Å². The number of hydrogen-bond donors (Lipinski definition) is 1. The van der Waals surface area contributed by atoms with Crippen molar-refractivity contribution in [1.82, 2.24) is 10.3 Å². The molecule has 0 bridgehead atoms. The van der Waals surface area contributed by atoms with Gasteiger partial charge in [-0.25, -0.2) is 12.8 Å². The van der Waals surface area contributed by atoms with E-state index in [2.05, 4.69) is 16.9 Å². The summed E-state index contributed by atoms with van der Waals surface area (Å²) in [6, 6.07) is 13.1. The Bertz CT molecular complexity index is 1470. The second-order valence-corrected chi connectivity index (χ2v) is 12.9. The molecule has 1 spiro atoms. The molecule has 3 heterocycles. The van der Waals surface area contributed by atoms with Crippen LogP contribution in [0.1, 0.15) is 40.9 Å². The highest BCUT2D eigenvalue weighted by atomic mass is 35.5. The largest absolute Gasteiger partial charge is 0.346 e. The fourth-order valence-corrected chi connectivity index (χ4v) is 8.65. The molecular formula is C28H27ClFN3O3S2. The van der Waals surface area contributed by atoms with E-state index < -0.39 is 27.3 Å². The summed E-state index contributed by atoms with van der Waals surface area (Å²) < 4.78 is 43.1. The number of thioether (sulfide) groups is 1. The molecule has 10 heteroatoms. The van der Waals surface area contributed by atoms with Gasteiger partial charge >= 0.3 is 0 Å². The highest BCUT2D eigenvalue weighted by Gasteiger charge is 2.54. The normalized spacial score (nSPS) is 18.3. The number of rotatable bonds is 7. The molecule has 1 fully saturated rings. The molecule has 1 amide bonds. The van der Waals surface area contributed by atoms with Gasteiger partial charge in [0.15, 0.2) is 0 Å². The smallest absolute Gasteiger partial charge is 0.264 e. The molecule has 2 aromatic carbocycles. The van der Waals surface area contributed by atoms with Crippen molar-refractivity contribution in [3.8, 4) is 0 Å². The van der Waals surface area contributed by atoms with Gasteiger partial charge in [0, 0.05) is 17.2 Å². The van der Waals surface area contributed by atoms with E-state index >= 15 is 0 Å². The second-order valence-electron chi connectivity index (χ2n) is 9.41. The number of pyridine rings is 1. The van der Waals surface area contributed by atoms with Gasteiger partial charge in [0.1, 0.15) is 5.82 Å². The van der Waals surface area contributed by atoms with E-state index in [0.717, 1.165) is 42.0 Å². The van der Waals surface area contributed by atoms with Crippen LogP contribution in [0.5, 0.6) is 0 Å². The topological polar surface area (TPSA) is 79.4 Å². The summed E-state index contributed by atoms with van der Waals surface area (Å²) in [5.41, 5.74) is 1.93. The fourth-order valence-electron chi connectivity index (χ4n) is 5.49. The highest BCUT2D eigenvalue weighted by Crippen LogP contribution is 2.55. The molecule has 198 valence electrons. The fraction of sp³-hybridized carbons (Fsp3) is 0.286. The van der Waals surface area contributed by atoms with Crippen molar-refractivity contribution in [2.45, 2.75) is 42.2 Å². The summed E-state index contributed by atoms with van der Waals surface area (Å²) in [4.78, 5) is 17.4. The van der Waals surface area contributed by atoms with Gasteiger partial charge in [0.2, 0.25) is 0 Å². The van der Waals surface area contributed by atoms with Crippen LogP contribution in [0.2, 0.25) is 5.02 Å². The van der Waals surface area contributed by atoms with Crippen LogP contribution in [0.4, 0.5) is 10.1 Å². The molecule has 38 heavy (non-hydrogen) atoms. The molecular weight excluding hydrogens is 545 g/mol. The third kappa shape index (κ3) is 4.72. The van der Waals surface area contributed by atoms with Gasteiger partial charge in [-0.15, -0.1) is 6.58 Å². The third-order valence-corrected chi connectivity index (χ3v) is 10.5. The van der Waals surface area contributed by atoms with E-state index in [0.29, 0.717) is 28.4 Å². The maximum atomic E-state index is 14.0. The van der Waals surface area contributed by atoms with Crippen LogP contribution >= 0.6 is 23.4 Å². The van der Waals surface area contributed by atoms with Gasteiger partial charge in [-0.05, 0) is 90.9 Å². The average Bonchev–Trinajstić information content (AvgIpc) is 3.17. The molecule has 2 aliphatic heterocycles. The first-order valence-corrected chi connectivity index (χ1v) is 15.3. The molecule has 0 aliphatic carbocycles. The van der Waals surface area contributed by atoms with E-state index in [1.807, 2.05) is 17.8 Å². The van der Waals surface area contributed by atoms with Crippen molar-refractivity contribution < 1.29 is 17.6 Å². The first kappa shape index (κ1) is 26.7. The molecule has 1 aromatic heterocycles. The SMILES string of the molecule is C=CCC1N(S(=O)(=O)c2ccc(F)cc2)c2ccc(C(=O)NCc3ncccc3Cl)cc2C12CCSCC2. The average molecular weight is 572 g/mol. The molecule has 6 nitrogen and oxygen atoms in total. The minimum atomic E-state index is -4.01. The van der Waals surface area contributed by atoms with E-state index in [9.17, 15) is 17.6 Å². The van der Waals surface area contributed by atoms with Crippen molar-refractivity contribution in [1.29, 1.82) is 0 Å². The van der Waals surface area contributed by atoms with Crippen molar-refractivity contribution in [2.24, 2.45) is 0 Å². The Kier molecular flexibility index (Phi) is 7.53. The zero-order chi connectivity index (χ0) is 26.9. The van der Waals surface area contributed by atoms with E-state index in [1.165, 1.54) is 16.4 Å². The molecule has 1 unspecified atom stereocenters. The Morgan fingerprint density at radius 3 is 2.63 bits per heavy atom. The summed E-state index contributed by atoms with van der Waals surface area (Å²) >= 11 is 8.03. The summed E-state index contributed by atoms with van der Waals surface area (Å²) in [5, 5.41) is 3.34. The number of halogens is 2. The lowest BCUT2D eigenvalue weighted by molar-refractivity contribution is 0.0950. The minimum absolute atomic E-state index is 0.0233. The van der Waals surface area contributed by atoms with Gasteiger partial charge in [0.25, 0.3) is 15.9 Å². The summed E-state index contributed by atoms with van der Waals surface area (Å²) in [6.07, 6.45) is 5.35. The minimum Gasteiger partial charge on any atom is -0.346 e. The quantitative estimate of drug-likeness (QED) is 0.367. The highest BCUT2D eigenvalue weighted by molar-refractivity contribution is 7.99. The van der Waals surface area contributed by atoms with E-state index in [4.69, 9.17) is 11.6 Å². The molecule has 3 aromatic rings. The van der Waals surface area contributed by atoms with Crippen LogP contribution in [0.15, 0.2) is 78.3 Å². The van der Waals surface area contributed by atoms with Crippen LogP contribution in [-0.2, 0) is 22.0 Å². The lowest BCUT2D eigenvalue weighted by atomic mass is 9.71. The molecule has 2 aliphatic rings. The monoisotopic (exact) mass is 571 g/mol. The maximum Gasteiger partial charge on any atom is 0.264 e. The van der Waals surface area contributed by atoms with Crippen LogP contribution in [-0.4, -0.2) is 36.9 Å². The summed E-state index contributed by atoms with van der Waals surface area (Å²) in [5.74, 6) is 0.963. The second kappa shape index (κ2) is 10.7. The van der Waals surface area contributed by atoms with Gasteiger partial charge in [0.05, 0.1) is 33.9 Å². The number of sulfonamides is 1. The first-order valence-electron chi connectivity index (χ1n) is 12.3. The number of carbonyl (C=O) groups is 1. The first-order chi connectivity index (χ1) is 18.3. The standard InChI is InChI=1S/C28H27ClFN3O3S2/c1-2-4-26-28(12-15-37-16-13-28)22-17-19(27(34)32-18-24-23(29)5-3-14-31-24)6-11-25(22)33(26)38(35,36)21-9-7-20(30)8-10-21/h2-3,5-11,14,17,26H,1,4,12-13,15-16,18H2,(H,32,34). The third-order valence-electron chi connectivity index (χ3n) is 7.35. The van der Waals surface area contributed by atoms with Crippen molar-refractivity contribution >= 4 is 45.0 Å². The molecule has 0 radical (unpaired) electrons. The number of carbonyl (C=O) groups excluding carboxylic acids is 1. The number of nitrogens with one attached hydrogen (secondary N) is 1. The van der Waals surface area contributed by atoms with Gasteiger partial charge in [-0.3, -0.25) is 14.1 Å². The van der Waals surface area contributed by atoms with Gasteiger partial charge < -0.3 is 5.32 Å². The Balaban J connectivity index is 1.57. The summed E-state index contributed by atoms with van der Waals surface area (Å²) in [7, 11) is -4.01. The Hall–Kier alpha value is -2.88. The zero-order valence-corrected chi connectivity index (χ0v) is 23.0. The number of anilines is 1. The molecule has 0 saturated carbocycles. The van der Waals surface area contributed by atoms with E-state index in [1.54, 1.807) is 36.5 Å². The number of amides is 1. The Morgan fingerprint density at radius 1 is 1.21 bits per heavy atom. The lowest BCUT2D eigenvalue weighted by Crippen LogP contribution is -2.48. The Labute approximate surface area is 231 Å². The Morgan fingerprint density at radius 2 is 1.95 bits per heavy atom. The predicted molar refractivity (Wildman–Crippen MR) is 150 cm³/mol. The number of fused-ring (bicyclic) bond motifs is 2. The molecule has 1 N–H and O–H groups in total. The molecule has 1 saturated heterocycles. The van der Waals surface area contributed by atoms with Gasteiger partial charge in [-0.1, -0.05) is 17.7 Å². The van der Waals surface area contributed by atoms with Crippen molar-refractivity contribution in [3.63, 3.8) is 0 Å². The number of aromatic nitrogens is 1. The lowest BCUT2D eigenvalue weighted by Gasteiger charge is -2.41. The molecule has 5 rings (SSSR count). The van der Waals surface area contributed by atoms with Gasteiger partial charge in [-0.2, -0.15) is 11.8 Å². The van der Waals surface area contributed by atoms with E-state index in [-0.39, 0.29) is 17.3 Å². The van der Waals surface area contributed by atoms with Crippen molar-refractivity contribution in [3.05, 3.63) is 101 Å². The number of nitrogens with zero attached hydrogens (tertiary/aromatic N) is 2. The number of hydrogen-bond acceptors (Lipinski definition) is 5. The number of benzene rings is 2. The summed E-state index contributed by atoms with van der Waals surface area (Å²) in [6.45, 7) is 4.08.